The van der Waals surface area contributed by atoms with E-state index in [1.54, 1.807) is 0 Å². The molecule has 9 nitrogen and oxygen atoms in total. The Hall–Kier alpha value is -2.04. The Labute approximate surface area is 171 Å². The predicted octanol–water partition coefficient (Wildman–Crippen LogP) is 3.37. The van der Waals surface area contributed by atoms with Crippen molar-refractivity contribution in [2.75, 3.05) is 31.7 Å². The second kappa shape index (κ2) is 9.64. The van der Waals surface area contributed by atoms with Crippen molar-refractivity contribution >= 4 is 27.1 Å². The summed E-state index contributed by atoms with van der Waals surface area (Å²) in [4.78, 5) is 10.9. The number of nitrogens with one attached hydrogen (secondary N) is 1. The summed E-state index contributed by atoms with van der Waals surface area (Å²) in [6.45, 7) is 3.30. The Morgan fingerprint density at radius 2 is 1.97 bits per heavy atom. The van der Waals surface area contributed by atoms with Crippen LogP contribution in [0, 0.1) is 16.0 Å². The Kier molecular flexibility index (Phi) is 7.20. The first-order chi connectivity index (χ1) is 13.9. The van der Waals surface area contributed by atoms with Crippen LogP contribution in [0.4, 0.5) is 11.4 Å². The lowest BCUT2D eigenvalue weighted by Crippen LogP contribution is -2.40. The molecule has 1 N–H and O–H groups in total. The zero-order chi connectivity index (χ0) is 20.9. The van der Waals surface area contributed by atoms with E-state index in [0.717, 1.165) is 43.4 Å². The van der Waals surface area contributed by atoms with E-state index in [0.29, 0.717) is 13.2 Å². The van der Waals surface area contributed by atoms with E-state index in [1.165, 1.54) is 29.3 Å². The van der Waals surface area contributed by atoms with Crippen molar-refractivity contribution in [3.63, 3.8) is 0 Å². The summed E-state index contributed by atoms with van der Waals surface area (Å²) in [6, 6.07) is 3.90. The molecule has 1 aromatic rings. The normalized spacial score (nSPS) is 21.0. The van der Waals surface area contributed by atoms with Crippen LogP contribution in [0.15, 0.2) is 28.2 Å². The summed E-state index contributed by atoms with van der Waals surface area (Å²) >= 11 is 0. The van der Waals surface area contributed by atoms with Crippen molar-refractivity contribution in [3.05, 3.63) is 28.3 Å². The molecule has 0 atom stereocenters. The third-order valence-corrected chi connectivity index (χ3v) is 7.38. The lowest BCUT2D eigenvalue weighted by Gasteiger charge is -2.26. The van der Waals surface area contributed by atoms with Crippen LogP contribution in [0.2, 0.25) is 0 Å². The van der Waals surface area contributed by atoms with Crippen LogP contribution >= 0.6 is 0 Å². The monoisotopic (exact) mass is 424 g/mol. The van der Waals surface area contributed by atoms with Crippen LogP contribution in [0.5, 0.6) is 0 Å². The number of morpholine rings is 1. The smallest absolute Gasteiger partial charge is 0.295 e. The van der Waals surface area contributed by atoms with Gasteiger partial charge in [-0.1, -0.05) is 19.8 Å². The number of hydrazone groups is 1. The van der Waals surface area contributed by atoms with Gasteiger partial charge in [0, 0.05) is 24.9 Å². The molecule has 3 rings (SSSR count). The maximum absolute atomic E-state index is 12.8. The van der Waals surface area contributed by atoms with E-state index in [-0.39, 0.29) is 29.4 Å². The molecule has 2 fully saturated rings. The molecule has 0 radical (unpaired) electrons. The van der Waals surface area contributed by atoms with Gasteiger partial charge in [0.2, 0.25) is 10.0 Å². The van der Waals surface area contributed by atoms with Gasteiger partial charge in [-0.3, -0.25) is 15.5 Å². The second-order valence-corrected chi connectivity index (χ2v) is 9.41. The number of rotatable bonds is 7. The Morgan fingerprint density at radius 3 is 2.59 bits per heavy atom. The number of nitrogens with zero attached hydrogens (tertiary/aromatic N) is 3. The highest BCUT2D eigenvalue weighted by Gasteiger charge is 2.29. The van der Waals surface area contributed by atoms with E-state index in [2.05, 4.69) is 17.5 Å². The minimum Gasteiger partial charge on any atom is -0.379 e. The van der Waals surface area contributed by atoms with E-state index < -0.39 is 14.9 Å². The summed E-state index contributed by atoms with van der Waals surface area (Å²) < 4.78 is 32.0. The molecule has 0 spiro atoms. The Morgan fingerprint density at radius 1 is 1.28 bits per heavy atom. The highest BCUT2D eigenvalue weighted by atomic mass is 32.2. The molecule has 29 heavy (non-hydrogen) atoms. The molecule has 1 heterocycles. The van der Waals surface area contributed by atoms with Gasteiger partial charge in [-0.25, -0.2) is 8.42 Å². The highest BCUT2D eigenvalue weighted by Crippen LogP contribution is 2.30. The molecule has 160 valence electrons. The van der Waals surface area contributed by atoms with E-state index in [4.69, 9.17) is 4.74 Å². The maximum atomic E-state index is 12.8. The number of benzene rings is 1. The summed E-state index contributed by atoms with van der Waals surface area (Å²) in [5, 5.41) is 15.9. The van der Waals surface area contributed by atoms with Crippen molar-refractivity contribution in [1.82, 2.24) is 4.31 Å². The molecule has 1 aromatic carbocycles. The zero-order valence-corrected chi connectivity index (χ0v) is 17.5. The number of hydrogen-bond donors (Lipinski definition) is 1. The van der Waals surface area contributed by atoms with Crippen molar-refractivity contribution < 1.29 is 18.1 Å². The lowest BCUT2D eigenvalue weighted by atomic mass is 9.85. The van der Waals surface area contributed by atoms with E-state index in [9.17, 15) is 18.5 Å². The van der Waals surface area contributed by atoms with Gasteiger partial charge in [0.15, 0.2) is 0 Å². The number of anilines is 1. The summed E-state index contributed by atoms with van der Waals surface area (Å²) in [5.74, 6) is 0.734. The fourth-order valence-corrected chi connectivity index (χ4v) is 5.24. The van der Waals surface area contributed by atoms with Gasteiger partial charge < -0.3 is 4.74 Å². The van der Waals surface area contributed by atoms with Crippen molar-refractivity contribution in [2.45, 2.75) is 50.3 Å². The van der Waals surface area contributed by atoms with Crippen LogP contribution in [0.25, 0.3) is 0 Å². The molecule has 2 aliphatic rings. The number of hydrogen-bond acceptors (Lipinski definition) is 7. The lowest BCUT2D eigenvalue weighted by molar-refractivity contribution is -0.384. The highest BCUT2D eigenvalue weighted by molar-refractivity contribution is 7.89. The molecule has 0 aromatic heterocycles. The number of ether oxygens (including phenoxy) is 1. The quantitative estimate of drug-likeness (QED) is 0.530. The molecule has 1 saturated heterocycles. The molecule has 0 bridgehead atoms. The fourth-order valence-electron chi connectivity index (χ4n) is 3.81. The van der Waals surface area contributed by atoms with Gasteiger partial charge in [0.1, 0.15) is 5.69 Å². The number of sulfonamides is 1. The number of nitro groups is 1. The van der Waals surface area contributed by atoms with Crippen LogP contribution in [-0.2, 0) is 14.8 Å². The van der Waals surface area contributed by atoms with E-state index in [1.807, 2.05) is 0 Å². The molecule has 1 saturated carbocycles. The number of nitro benzene ring substituents is 1. The fraction of sp³-hybridized carbons (Fsp3) is 0.632. The van der Waals surface area contributed by atoms with Crippen molar-refractivity contribution in [2.24, 2.45) is 11.0 Å². The van der Waals surface area contributed by atoms with Crippen LogP contribution in [0.1, 0.15) is 45.4 Å². The summed E-state index contributed by atoms with van der Waals surface area (Å²) in [5.41, 5.74) is 3.68. The minimum absolute atomic E-state index is 0.0932. The topological polar surface area (TPSA) is 114 Å². The van der Waals surface area contributed by atoms with Gasteiger partial charge in [-0.15, -0.1) is 0 Å². The molecule has 10 heteroatoms. The molecule has 1 aliphatic heterocycles. The minimum atomic E-state index is -3.80. The first-order valence-corrected chi connectivity index (χ1v) is 11.5. The van der Waals surface area contributed by atoms with Crippen LogP contribution in [-0.4, -0.2) is 49.7 Å². The molecule has 0 unspecified atom stereocenters. The summed E-state index contributed by atoms with van der Waals surface area (Å²) in [6.07, 6.45) is 6.36. The largest absolute Gasteiger partial charge is 0.379 e. The van der Waals surface area contributed by atoms with Gasteiger partial charge in [0.25, 0.3) is 5.69 Å². The molecule has 0 amide bonds. The zero-order valence-electron chi connectivity index (χ0n) is 16.7. The third-order valence-electron chi connectivity index (χ3n) is 5.49. The first kappa shape index (κ1) is 21.7. The Bertz CT molecular complexity index is 855. The average Bonchev–Trinajstić information content (AvgIpc) is 2.74. The molecule has 1 aliphatic carbocycles. The van der Waals surface area contributed by atoms with Crippen LogP contribution in [0.3, 0.4) is 0 Å². The van der Waals surface area contributed by atoms with Gasteiger partial charge in [-0.2, -0.15) is 9.41 Å². The van der Waals surface area contributed by atoms with Gasteiger partial charge in [0.05, 0.1) is 23.0 Å². The van der Waals surface area contributed by atoms with E-state index >= 15 is 0 Å². The van der Waals surface area contributed by atoms with Gasteiger partial charge in [-0.05, 0) is 43.7 Å². The standard InChI is InChI=1S/C19H28N4O5S/c1-2-3-15-4-6-16(7-5-15)20-21-18-9-8-17(14-19(18)23(24)25)29(26,27)22-10-12-28-13-11-22/h8-9,14-15,21H,2-7,10-13H2,1H3. The second-order valence-electron chi connectivity index (χ2n) is 7.47. The molecular weight excluding hydrogens is 396 g/mol. The van der Waals surface area contributed by atoms with Crippen molar-refractivity contribution in [1.29, 1.82) is 0 Å². The summed E-state index contributed by atoms with van der Waals surface area (Å²) in [7, 11) is -3.80. The Balaban J connectivity index is 1.75. The van der Waals surface area contributed by atoms with Crippen molar-refractivity contribution in [3.8, 4) is 0 Å². The van der Waals surface area contributed by atoms with Crippen LogP contribution < -0.4 is 5.43 Å². The predicted molar refractivity (Wildman–Crippen MR) is 111 cm³/mol. The third kappa shape index (κ3) is 5.31. The average molecular weight is 425 g/mol. The maximum Gasteiger partial charge on any atom is 0.295 e. The molecular formula is C19H28N4O5S. The first-order valence-electron chi connectivity index (χ1n) is 10.1. The van der Waals surface area contributed by atoms with Gasteiger partial charge >= 0.3 is 0 Å². The SMILES string of the molecule is CCCC1CCC(=NNc2ccc(S(=O)(=O)N3CCOCC3)cc2[N+](=O)[O-])CC1.